The van der Waals surface area contributed by atoms with Crippen molar-refractivity contribution in [3.8, 4) is 0 Å². The highest BCUT2D eigenvalue weighted by Crippen LogP contribution is 2.48. The van der Waals surface area contributed by atoms with Crippen LogP contribution in [0.1, 0.15) is 38.8 Å². The Morgan fingerprint density at radius 2 is 2.17 bits per heavy atom. The minimum absolute atomic E-state index is 0.387. The third-order valence-electron chi connectivity index (χ3n) is 4.25. The molecular formula is C18H30N4O. The van der Waals surface area contributed by atoms with Gasteiger partial charge in [-0.15, -0.1) is 0 Å². The molecule has 0 atom stereocenters. The van der Waals surface area contributed by atoms with Crippen LogP contribution in [0.3, 0.4) is 0 Å². The van der Waals surface area contributed by atoms with Crippen molar-refractivity contribution >= 4 is 5.96 Å². The molecule has 1 saturated carbocycles. The third kappa shape index (κ3) is 6.57. The van der Waals surface area contributed by atoms with Gasteiger partial charge in [-0.3, -0.25) is 9.98 Å². The van der Waals surface area contributed by atoms with Crippen molar-refractivity contribution in [2.75, 3.05) is 32.8 Å². The standard InChI is InChI=1S/C18H30N4O/c1-3-19-17(21-13-8-16-7-5-6-12-20-16)22-15-18(9-10-18)11-14-23-4-2/h5-7,12H,3-4,8-11,13-15H2,1-2H3,(H2,19,21,22). The minimum Gasteiger partial charge on any atom is -0.382 e. The smallest absolute Gasteiger partial charge is 0.191 e. The van der Waals surface area contributed by atoms with E-state index in [2.05, 4.69) is 28.6 Å². The number of hydrogen-bond acceptors (Lipinski definition) is 3. The van der Waals surface area contributed by atoms with Crippen LogP contribution in [-0.2, 0) is 11.2 Å². The first-order chi connectivity index (χ1) is 11.3. The Hall–Kier alpha value is -1.62. The lowest BCUT2D eigenvalue weighted by atomic mass is 10.0. The fourth-order valence-electron chi connectivity index (χ4n) is 2.54. The van der Waals surface area contributed by atoms with E-state index in [-0.39, 0.29) is 0 Å². The SMILES string of the molecule is CCNC(=NCC1(CCOCC)CC1)NCCc1ccccn1. The van der Waals surface area contributed by atoms with Crippen LogP contribution < -0.4 is 10.6 Å². The zero-order valence-corrected chi connectivity index (χ0v) is 14.5. The lowest BCUT2D eigenvalue weighted by Gasteiger charge is -2.15. The Morgan fingerprint density at radius 1 is 1.30 bits per heavy atom. The van der Waals surface area contributed by atoms with E-state index in [0.29, 0.717) is 5.41 Å². The van der Waals surface area contributed by atoms with Crippen LogP contribution >= 0.6 is 0 Å². The third-order valence-corrected chi connectivity index (χ3v) is 4.25. The largest absolute Gasteiger partial charge is 0.382 e. The van der Waals surface area contributed by atoms with E-state index in [1.54, 1.807) is 0 Å². The molecule has 1 aromatic rings. The highest BCUT2D eigenvalue weighted by atomic mass is 16.5. The van der Waals surface area contributed by atoms with Crippen molar-refractivity contribution in [2.24, 2.45) is 10.4 Å². The first-order valence-electron chi connectivity index (χ1n) is 8.78. The van der Waals surface area contributed by atoms with Crippen LogP contribution in [0.25, 0.3) is 0 Å². The van der Waals surface area contributed by atoms with Crippen LogP contribution in [0.4, 0.5) is 0 Å². The number of aromatic nitrogens is 1. The van der Waals surface area contributed by atoms with Gasteiger partial charge in [-0.2, -0.15) is 0 Å². The molecule has 0 spiro atoms. The molecule has 0 saturated heterocycles. The zero-order valence-electron chi connectivity index (χ0n) is 14.5. The Bertz CT molecular complexity index is 471. The van der Waals surface area contributed by atoms with Gasteiger partial charge < -0.3 is 15.4 Å². The van der Waals surface area contributed by atoms with Crippen molar-refractivity contribution in [1.82, 2.24) is 15.6 Å². The lowest BCUT2D eigenvalue weighted by Crippen LogP contribution is -2.38. The van der Waals surface area contributed by atoms with Gasteiger partial charge in [-0.25, -0.2) is 0 Å². The second kappa shape index (κ2) is 9.50. The molecule has 1 fully saturated rings. The number of guanidine groups is 1. The van der Waals surface area contributed by atoms with Crippen molar-refractivity contribution in [3.63, 3.8) is 0 Å². The first-order valence-corrected chi connectivity index (χ1v) is 8.78. The van der Waals surface area contributed by atoms with Gasteiger partial charge in [0.15, 0.2) is 5.96 Å². The summed E-state index contributed by atoms with van der Waals surface area (Å²) in [5, 5.41) is 6.73. The Labute approximate surface area is 139 Å². The molecular weight excluding hydrogens is 288 g/mol. The van der Waals surface area contributed by atoms with Crippen LogP contribution in [0.5, 0.6) is 0 Å². The van der Waals surface area contributed by atoms with Crippen molar-refractivity contribution < 1.29 is 4.74 Å². The molecule has 1 aliphatic rings. The van der Waals surface area contributed by atoms with Crippen molar-refractivity contribution in [3.05, 3.63) is 30.1 Å². The summed E-state index contributed by atoms with van der Waals surface area (Å²) in [4.78, 5) is 9.12. The molecule has 2 N–H and O–H groups in total. The number of rotatable bonds is 10. The van der Waals surface area contributed by atoms with Crippen LogP contribution in [-0.4, -0.2) is 43.8 Å². The number of aliphatic imine (C=N–C) groups is 1. The Kier molecular flexibility index (Phi) is 7.33. The summed E-state index contributed by atoms with van der Waals surface area (Å²) in [6.07, 6.45) is 6.41. The lowest BCUT2D eigenvalue weighted by molar-refractivity contribution is 0.129. The van der Waals surface area contributed by atoms with Crippen LogP contribution in [0.2, 0.25) is 0 Å². The van der Waals surface area contributed by atoms with E-state index in [1.165, 1.54) is 12.8 Å². The average molecular weight is 318 g/mol. The van der Waals surface area contributed by atoms with Gasteiger partial charge in [0, 0.05) is 51.2 Å². The van der Waals surface area contributed by atoms with E-state index >= 15 is 0 Å². The van der Waals surface area contributed by atoms with Gasteiger partial charge >= 0.3 is 0 Å². The zero-order chi connectivity index (χ0) is 16.4. The van der Waals surface area contributed by atoms with Crippen molar-refractivity contribution in [2.45, 2.75) is 39.5 Å². The summed E-state index contributed by atoms with van der Waals surface area (Å²) in [6.45, 7) is 8.41. The summed E-state index contributed by atoms with van der Waals surface area (Å²) < 4.78 is 5.49. The second-order valence-electron chi connectivity index (χ2n) is 6.14. The Balaban J connectivity index is 1.76. The molecule has 0 unspecified atom stereocenters. The fourth-order valence-corrected chi connectivity index (χ4v) is 2.54. The monoisotopic (exact) mass is 318 g/mol. The van der Waals surface area contributed by atoms with E-state index in [9.17, 15) is 0 Å². The van der Waals surface area contributed by atoms with E-state index in [4.69, 9.17) is 9.73 Å². The number of nitrogens with zero attached hydrogens (tertiary/aromatic N) is 2. The average Bonchev–Trinajstić information content (AvgIpc) is 3.34. The van der Waals surface area contributed by atoms with E-state index < -0.39 is 0 Å². The summed E-state index contributed by atoms with van der Waals surface area (Å²) in [6, 6.07) is 6.02. The molecule has 0 bridgehead atoms. The first kappa shape index (κ1) is 17.7. The molecule has 0 aromatic carbocycles. The summed E-state index contributed by atoms with van der Waals surface area (Å²) in [5.74, 6) is 0.908. The molecule has 5 nitrogen and oxygen atoms in total. The van der Waals surface area contributed by atoms with Gasteiger partial charge in [-0.05, 0) is 50.7 Å². The van der Waals surface area contributed by atoms with Gasteiger partial charge in [0.1, 0.15) is 0 Å². The number of nitrogens with one attached hydrogen (secondary N) is 2. The fraction of sp³-hybridized carbons (Fsp3) is 0.667. The van der Waals surface area contributed by atoms with Crippen molar-refractivity contribution in [1.29, 1.82) is 0 Å². The van der Waals surface area contributed by atoms with Gasteiger partial charge in [0.25, 0.3) is 0 Å². The topological polar surface area (TPSA) is 58.5 Å². The summed E-state index contributed by atoms with van der Waals surface area (Å²) in [7, 11) is 0. The Morgan fingerprint density at radius 3 is 2.83 bits per heavy atom. The number of pyridine rings is 1. The van der Waals surface area contributed by atoms with Gasteiger partial charge in [-0.1, -0.05) is 6.07 Å². The van der Waals surface area contributed by atoms with E-state index in [0.717, 1.165) is 57.3 Å². The van der Waals surface area contributed by atoms with Crippen LogP contribution in [0, 0.1) is 5.41 Å². The number of hydrogen-bond donors (Lipinski definition) is 2. The maximum atomic E-state index is 5.49. The van der Waals surface area contributed by atoms with Crippen LogP contribution in [0.15, 0.2) is 29.4 Å². The van der Waals surface area contributed by atoms with Gasteiger partial charge in [0.05, 0.1) is 0 Å². The normalized spacial score (nSPS) is 16.2. The molecule has 1 heterocycles. The second-order valence-corrected chi connectivity index (χ2v) is 6.14. The quantitative estimate of drug-likeness (QED) is 0.395. The maximum absolute atomic E-state index is 5.49. The highest BCUT2D eigenvalue weighted by Gasteiger charge is 2.41. The predicted octanol–water partition coefficient (Wildman–Crippen LogP) is 2.39. The molecule has 2 rings (SSSR count). The molecule has 0 radical (unpaired) electrons. The molecule has 5 heteroatoms. The number of ether oxygens (including phenoxy) is 1. The molecule has 1 aromatic heterocycles. The molecule has 128 valence electrons. The summed E-state index contributed by atoms with van der Waals surface area (Å²) >= 11 is 0. The van der Waals surface area contributed by atoms with Gasteiger partial charge in [0.2, 0.25) is 0 Å². The molecule has 1 aliphatic carbocycles. The van der Waals surface area contributed by atoms with E-state index in [1.807, 2.05) is 25.3 Å². The molecule has 0 aliphatic heterocycles. The minimum atomic E-state index is 0.387. The maximum Gasteiger partial charge on any atom is 0.191 e. The highest BCUT2D eigenvalue weighted by molar-refractivity contribution is 5.79. The summed E-state index contributed by atoms with van der Waals surface area (Å²) in [5.41, 5.74) is 1.49. The predicted molar refractivity (Wildman–Crippen MR) is 94.7 cm³/mol. The molecule has 23 heavy (non-hydrogen) atoms. The molecule has 0 amide bonds.